The van der Waals surface area contributed by atoms with Crippen LogP contribution in [0.3, 0.4) is 0 Å². The van der Waals surface area contributed by atoms with E-state index in [2.05, 4.69) is 4.90 Å². The van der Waals surface area contributed by atoms with E-state index in [1.54, 1.807) is 19.2 Å². The first-order valence-corrected chi connectivity index (χ1v) is 7.97. The van der Waals surface area contributed by atoms with Crippen LogP contribution in [0.25, 0.3) is 0 Å². The summed E-state index contributed by atoms with van der Waals surface area (Å²) < 4.78 is 28.1. The number of piperidine rings is 1. The van der Waals surface area contributed by atoms with Gasteiger partial charge in [-0.3, -0.25) is 4.90 Å². The van der Waals surface area contributed by atoms with Crippen molar-refractivity contribution in [2.24, 2.45) is 5.14 Å². The van der Waals surface area contributed by atoms with Gasteiger partial charge in [-0.15, -0.1) is 0 Å². The Labute approximate surface area is 114 Å². The molecule has 1 saturated heterocycles. The van der Waals surface area contributed by atoms with Crippen molar-refractivity contribution in [3.63, 3.8) is 0 Å². The van der Waals surface area contributed by atoms with Gasteiger partial charge in [0.15, 0.2) is 0 Å². The third-order valence-electron chi connectivity index (χ3n) is 3.42. The number of methoxy groups -OCH3 is 1. The zero-order valence-corrected chi connectivity index (χ0v) is 11.9. The van der Waals surface area contributed by atoms with E-state index >= 15 is 0 Å². The van der Waals surface area contributed by atoms with Gasteiger partial charge < -0.3 is 4.74 Å². The molecule has 5 nitrogen and oxygen atoms in total. The minimum atomic E-state index is -3.67. The lowest BCUT2D eigenvalue weighted by Crippen LogP contribution is -2.29. The normalized spacial score (nSPS) is 17.4. The number of likely N-dealkylation sites (tertiary alicyclic amines) is 1. The molecule has 0 amide bonds. The number of hydrogen-bond acceptors (Lipinski definition) is 4. The van der Waals surface area contributed by atoms with Crippen LogP contribution in [0, 0.1) is 0 Å². The van der Waals surface area contributed by atoms with Gasteiger partial charge in [0.2, 0.25) is 10.0 Å². The Bertz CT molecular complexity index is 537. The second kappa shape index (κ2) is 5.90. The number of benzene rings is 1. The molecule has 6 heteroatoms. The molecule has 0 atom stereocenters. The fourth-order valence-electron chi connectivity index (χ4n) is 2.41. The van der Waals surface area contributed by atoms with Gasteiger partial charge in [-0.25, -0.2) is 13.6 Å². The van der Waals surface area contributed by atoms with Crippen molar-refractivity contribution in [2.75, 3.05) is 20.2 Å². The molecule has 0 saturated carbocycles. The summed E-state index contributed by atoms with van der Waals surface area (Å²) in [6.45, 7) is 2.79. The highest BCUT2D eigenvalue weighted by atomic mass is 32.2. The van der Waals surface area contributed by atoms with Gasteiger partial charge >= 0.3 is 0 Å². The zero-order chi connectivity index (χ0) is 13.9. The predicted molar refractivity (Wildman–Crippen MR) is 73.5 cm³/mol. The average Bonchev–Trinajstić information content (AvgIpc) is 2.39. The van der Waals surface area contributed by atoms with Crippen molar-refractivity contribution in [1.82, 2.24) is 4.90 Å². The highest BCUT2D eigenvalue weighted by Crippen LogP contribution is 2.24. The molecule has 1 aliphatic rings. The van der Waals surface area contributed by atoms with Crippen molar-refractivity contribution in [3.05, 3.63) is 23.8 Å². The Kier molecular flexibility index (Phi) is 4.44. The number of primary sulfonamides is 1. The van der Waals surface area contributed by atoms with Crippen molar-refractivity contribution < 1.29 is 13.2 Å². The third-order valence-corrected chi connectivity index (χ3v) is 4.33. The molecule has 1 aliphatic heterocycles. The summed E-state index contributed by atoms with van der Waals surface area (Å²) in [4.78, 5) is 2.45. The van der Waals surface area contributed by atoms with Crippen molar-refractivity contribution in [3.8, 4) is 5.75 Å². The first kappa shape index (κ1) is 14.3. The summed E-state index contributed by atoms with van der Waals surface area (Å²) in [5.74, 6) is 0.706. The fourth-order valence-corrected chi connectivity index (χ4v) is 2.98. The molecule has 1 fully saturated rings. The number of nitrogens with two attached hydrogens (primary N) is 1. The van der Waals surface area contributed by atoms with Crippen LogP contribution < -0.4 is 9.88 Å². The van der Waals surface area contributed by atoms with Crippen molar-refractivity contribution in [2.45, 2.75) is 30.7 Å². The number of rotatable bonds is 4. The smallest absolute Gasteiger partial charge is 0.238 e. The third kappa shape index (κ3) is 3.68. The minimum absolute atomic E-state index is 0.139. The topological polar surface area (TPSA) is 72.6 Å². The maximum absolute atomic E-state index is 11.4. The van der Waals surface area contributed by atoms with Gasteiger partial charge in [-0.1, -0.05) is 6.42 Å². The summed E-state index contributed by atoms with van der Waals surface area (Å²) in [5, 5.41) is 5.17. The lowest BCUT2D eigenvalue weighted by atomic mass is 10.1. The van der Waals surface area contributed by atoms with Crippen molar-refractivity contribution >= 4 is 10.0 Å². The number of sulfonamides is 1. The zero-order valence-electron chi connectivity index (χ0n) is 11.1. The second-order valence-electron chi connectivity index (χ2n) is 4.86. The van der Waals surface area contributed by atoms with E-state index in [0.717, 1.165) is 18.7 Å². The quantitative estimate of drug-likeness (QED) is 0.905. The molecule has 0 radical (unpaired) electrons. The second-order valence-corrected chi connectivity index (χ2v) is 6.42. The SMILES string of the molecule is COc1ccc(S(N)(=O)=O)cc1CN1CCCCC1. The van der Waals surface area contributed by atoms with Crippen LogP contribution in [0.1, 0.15) is 24.8 Å². The van der Waals surface area contributed by atoms with Gasteiger partial charge in [0, 0.05) is 12.1 Å². The molecule has 19 heavy (non-hydrogen) atoms. The number of nitrogens with zero attached hydrogens (tertiary/aromatic N) is 1. The van der Waals surface area contributed by atoms with E-state index in [1.165, 1.54) is 25.3 Å². The highest BCUT2D eigenvalue weighted by molar-refractivity contribution is 7.89. The van der Waals surface area contributed by atoms with Crippen LogP contribution >= 0.6 is 0 Å². The summed E-state index contributed by atoms with van der Waals surface area (Å²) >= 11 is 0. The predicted octanol–water partition coefficient (Wildman–Crippen LogP) is 1.33. The lowest BCUT2D eigenvalue weighted by molar-refractivity contribution is 0.218. The van der Waals surface area contributed by atoms with E-state index in [1.807, 2.05) is 0 Å². The van der Waals surface area contributed by atoms with Gasteiger partial charge in [0.05, 0.1) is 12.0 Å². The Morgan fingerprint density at radius 3 is 2.53 bits per heavy atom. The molecular formula is C13H20N2O3S. The fraction of sp³-hybridized carbons (Fsp3) is 0.538. The maximum atomic E-state index is 11.4. The Morgan fingerprint density at radius 1 is 1.26 bits per heavy atom. The standard InChI is InChI=1S/C13H20N2O3S/c1-18-13-6-5-12(19(14,16)17)9-11(13)10-15-7-3-2-4-8-15/h5-6,9H,2-4,7-8,10H2,1H3,(H2,14,16,17). The van der Waals surface area contributed by atoms with Crippen molar-refractivity contribution in [1.29, 1.82) is 0 Å². The maximum Gasteiger partial charge on any atom is 0.238 e. The summed E-state index contributed by atoms with van der Waals surface area (Å²) in [7, 11) is -2.08. The Morgan fingerprint density at radius 2 is 1.95 bits per heavy atom. The molecule has 106 valence electrons. The van der Waals surface area contributed by atoms with E-state index in [9.17, 15) is 8.42 Å². The van der Waals surface area contributed by atoms with E-state index < -0.39 is 10.0 Å². The van der Waals surface area contributed by atoms with Crippen LogP contribution in [0.4, 0.5) is 0 Å². The molecule has 2 rings (SSSR count). The first-order valence-electron chi connectivity index (χ1n) is 6.43. The van der Waals surface area contributed by atoms with E-state index in [4.69, 9.17) is 9.88 Å². The molecule has 0 bridgehead atoms. The van der Waals surface area contributed by atoms with Crippen LogP contribution in [0.5, 0.6) is 5.75 Å². The molecule has 0 aliphatic carbocycles. The summed E-state index contributed by atoms with van der Waals surface area (Å²) in [6.07, 6.45) is 3.65. The van der Waals surface area contributed by atoms with Crippen LogP contribution in [-0.4, -0.2) is 33.5 Å². The van der Waals surface area contributed by atoms with Crippen LogP contribution in [0.15, 0.2) is 23.1 Å². The van der Waals surface area contributed by atoms with Gasteiger partial charge in [0.1, 0.15) is 5.75 Å². The molecule has 0 unspecified atom stereocenters. The lowest BCUT2D eigenvalue weighted by Gasteiger charge is -2.27. The molecule has 1 aromatic rings. The number of hydrogen-bond donors (Lipinski definition) is 1. The minimum Gasteiger partial charge on any atom is -0.496 e. The monoisotopic (exact) mass is 284 g/mol. The van der Waals surface area contributed by atoms with E-state index in [-0.39, 0.29) is 4.90 Å². The van der Waals surface area contributed by atoms with Gasteiger partial charge in [-0.05, 0) is 44.1 Å². The Balaban J connectivity index is 2.25. The average molecular weight is 284 g/mol. The summed E-state index contributed by atoms with van der Waals surface area (Å²) in [5.41, 5.74) is 0.871. The molecule has 0 spiro atoms. The first-order chi connectivity index (χ1) is 9.00. The van der Waals surface area contributed by atoms with Crippen LogP contribution in [-0.2, 0) is 16.6 Å². The summed E-state index contributed by atoms with van der Waals surface area (Å²) in [6, 6.07) is 4.76. The van der Waals surface area contributed by atoms with E-state index in [0.29, 0.717) is 12.3 Å². The molecule has 1 aromatic carbocycles. The largest absolute Gasteiger partial charge is 0.496 e. The van der Waals surface area contributed by atoms with Gasteiger partial charge in [-0.2, -0.15) is 0 Å². The molecule has 1 heterocycles. The highest BCUT2D eigenvalue weighted by Gasteiger charge is 2.16. The molecule has 0 aromatic heterocycles. The molecule has 2 N–H and O–H groups in total. The number of ether oxygens (including phenoxy) is 1. The van der Waals surface area contributed by atoms with Crippen LogP contribution in [0.2, 0.25) is 0 Å². The Hall–Kier alpha value is -1.11. The molecular weight excluding hydrogens is 264 g/mol. The van der Waals surface area contributed by atoms with Gasteiger partial charge in [0.25, 0.3) is 0 Å².